The Bertz CT molecular complexity index is 738. The number of aromatic hydroxyl groups is 1. The van der Waals surface area contributed by atoms with Gasteiger partial charge in [-0.05, 0) is 36.2 Å². The average molecular weight is 314 g/mol. The Labute approximate surface area is 134 Å². The van der Waals surface area contributed by atoms with Gasteiger partial charge in [-0.15, -0.1) is 0 Å². The fourth-order valence-electron chi connectivity index (χ4n) is 2.74. The number of phenolic OH excluding ortho intramolecular Hbond substituents is 1. The van der Waals surface area contributed by atoms with Gasteiger partial charge in [-0.2, -0.15) is 0 Å². The molecule has 2 aromatic carbocycles. The normalized spacial score (nSPS) is 16.4. The van der Waals surface area contributed by atoms with Crippen molar-refractivity contribution < 1.29 is 24.1 Å². The number of hydrogen-bond donors (Lipinski definition) is 1. The molecule has 2 aromatic rings. The highest BCUT2D eigenvalue weighted by Gasteiger charge is 2.29. The maximum Gasteiger partial charge on any atom is 0.173 e. The van der Waals surface area contributed by atoms with E-state index in [9.17, 15) is 9.90 Å². The highest BCUT2D eigenvalue weighted by atomic mass is 16.5. The van der Waals surface area contributed by atoms with Crippen LogP contribution in [0.5, 0.6) is 23.0 Å². The predicted molar refractivity (Wildman–Crippen MR) is 84.7 cm³/mol. The van der Waals surface area contributed by atoms with Gasteiger partial charge in [0, 0.05) is 6.07 Å². The molecule has 0 radical (unpaired) electrons. The molecule has 0 spiro atoms. The lowest BCUT2D eigenvalue weighted by Crippen LogP contribution is -2.29. The minimum atomic E-state index is -0.274. The summed E-state index contributed by atoms with van der Waals surface area (Å²) in [6, 6.07) is 10.4. The van der Waals surface area contributed by atoms with Crippen LogP contribution in [0.25, 0.3) is 0 Å². The molecule has 0 amide bonds. The van der Waals surface area contributed by atoms with Gasteiger partial charge in [0.25, 0.3) is 0 Å². The molecule has 1 N–H and O–H groups in total. The summed E-state index contributed by atoms with van der Waals surface area (Å²) in [5, 5.41) is 9.85. The molecular weight excluding hydrogens is 296 g/mol. The molecular formula is C18H18O5. The molecule has 0 bridgehead atoms. The first-order valence-corrected chi connectivity index (χ1v) is 7.33. The third-order valence-corrected chi connectivity index (χ3v) is 3.99. The number of Topliss-reactive ketones (excluding diaryl/α,β-unsaturated/α-hetero) is 1. The van der Waals surface area contributed by atoms with E-state index in [1.165, 1.54) is 7.11 Å². The summed E-state index contributed by atoms with van der Waals surface area (Å²) in [6.07, 6.45) is 0.502. The smallest absolute Gasteiger partial charge is 0.173 e. The number of carbonyl (C=O) groups excluding carboxylic acids is 1. The van der Waals surface area contributed by atoms with Gasteiger partial charge in [0.15, 0.2) is 17.3 Å². The molecule has 0 aromatic heterocycles. The number of rotatable bonds is 4. The number of ketones is 1. The highest BCUT2D eigenvalue weighted by molar-refractivity contribution is 6.01. The predicted octanol–water partition coefficient (Wildman–Crippen LogP) is 2.84. The Hall–Kier alpha value is -2.69. The van der Waals surface area contributed by atoms with Crippen LogP contribution in [0.15, 0.2) is 36.4 Å². The van der Waals surface area contributed by atoms with Gasteiger partial charge in [0.1, 0.15) is 11.5 Å². The quantitative estimate of drug-likeness (QED) is 0.940. The summed E-state index contributed by atoms with van der Waals surface area (Å²) in [4.78, 5) is 12.6. The third kappa shape index (κ3) is 2.95. The van der Waals surface area contributed by atoms with Crippen LogP contribution < -0.4 is 14.2 Å². The number of ether oxygens (including phenoxy) is 3. The first kappa shape index (κ1) is 15.2. The second-order valence-corrected chi connectivity index (χ2v) is 5.44. The van der Waals surface area contributed by atoms with Crippen LogP contribution >= 0.6 is 0 Å². The second-order valence-electron chi connectivity index (χ2n) is 5.44. The Morgan fingerprint density at radius 3 is 2.70 bits per heavy atom. The van der Waals surface area contributed by atoms with Crippen LogP contribution in [0, 0.1) is 5.92 Å². The zero-order valence-electron chi connectivity index (χ0n) is 13.0. The fourth-order valence-corrected chi connectivity index (χ4v) is 2.74. The van der Waals surface area contributed by atoms with E-state index in [1.54, 1.807) is 37.4 Å². The fraction of sp³-hybridized carbons (Fsp3) is 0.278. The molecule has 1 aliphatic heterocycles. The molecule has 0 aliphatic carbocycles. The first-order valence-electron chi connectivity index (χ1n) is 7.33. The molecule has 23 heavy (non-hydrogen) atoms. The first-order chi connectivity index (χ1) is 11.1. The van der Waals surface area contributed by atoms with E-state index in [1.807, 2.05) is 6.07 Å². The molecule has 1 heterocycles. The van der Waals surface area contributed by atoms with E-state index >= 15 is 0 Å². The SMILES string of the molecule is COc1ccc2c(c1)OC[C@@H](Cc1ccc(OC)c(O)c1)C2=O. The van der Waals surface area contributed by atoms with Crippen LogP contribution in [0.4, 0.5) is 0 Å². The summed E-state index contributed by atoms with van der Waals surface area (Å²) in [7, 11) is 3.07. The maximum absolute atomic E-state index is 12.6. The molecule has 1 atom stereocenters. The molecule has 0 fully saturated rings. The lowest BCUT2D eigenvalue weighted by atomic mass is 9.89. The zero-order chi connectivity index (χ0) is 16.4. The van der Waals surface area contributed by atoms with Crippen molar-refractivity contribution in [2.24, 2.45) is 5.92 Å². The van der Waals surface area contributed by atoms with Gasteiger partial charge in [0.05, 0.1) is 32.3 Å². The summed E-state index contributed by atoms with van der Waals surface area (Å²) in [6.45, 7) is 0.311. The van der Waals surface area contributed by atoms with Gasteiger partial charge in [-0.25, -0.2) is 0 Å². The topological polar surface area (TPSA) is 65.0 Å². The zero-order valence-corrected chi connectivity index (χ0v) is 13.0. The van der Waals surface area contributed by atoms with Gasteiger partial charge in [-0.3, -0.25) is 4.79 Å². The van der Waals surface area contributed by atoms with Crippen molar-refractivity contribution in [2.45, 2.75) is 6.42 Å². The van der Waals surface area contributed by atoms with Crippen LogP contribution in [-0.2, 0) is 6.42 Å². The summed E-state index contributed by atoms with van der Waals surface area (Å²) in [5.74, 6) is 1.47. The van der Waals surface area contributed by atoms with E-state index in [0.29, 0.717) is 35.8 Å². The van der Waals surface area contributed by atoms with Crippen molar-refractivity contribution in [1.29, 1.82) is 0 Å². The largest absolute Gasteiger partial charge is 0.504 e. The number of phenols is 1. The van der Waals surface area contributed by atoms with Crippen molar-refractivity contribution in [2.75, 3.05) is 20.8 Å². The molecule has 5 heteroatoms. The highest BCUT2D eigenvalue weighted by Crippen LogP contribution is 2.33. The Kier molecular flexibility index (Phi) is 4.10. The number of benzene rings is 2. The number of fused-ring (bicyclic) bond motifs is 1. The number of methoxy groups -OCH3 is 2. The standard InChI is InChI=1S/C18H18O5/c1-21-13-4-5-14-17(9-13)23-10-12(18(14)20)7-11-3-6-16(22-2)15(19)8-11/h3-6,8-9,12,19H,7,10H2,1-2H3/t12-/m1/s1. The van der Waals surface area contributed by atoms with E-state index in [-0.39, 0.29) is 17.5 Å². The van der Waals surface area contributed by atoms with Gasteiger partial charge < -0.3 is 19.3 Å². The van der Waals surface area contributed by atoms with Crippen LogP contribution in [0.1, 0.15) is 15.9 Å². The van der Waals surface area contributed by atoms with Crippen LogP contribution in [-0.4, -0.2) is 31.7 Å². The molecule has 1 aliphatic rings. The lowest BCUT2D eigenvalue weighted by Gasteiger charge is -2.24. The molecule has 0 saturated carbocycles. The number of carbonyl (C=O) groups is 1. The third-order valence-electron chi connectivity index (χ3n) is 3.99. The molecule has 5 nitrogen and oxygen atoms in total. The van der Waals surface area contributed by atoms with E-state index in [4.69, 9.17) is 14.2 Å². The van der Waals surface area contributed by atoms with Gasteiger partial charge >= 0.3 is 0 Å². The van der Waals surface area contributed by atoms with Crippen molar-refractivity contribution >= 4 is 5.78 Å². The Balaban J connectivity index is 1.80. The molecule has 0 unspecified atom stereocenters. The van der Waals surface area contributed by atoms with Crippen LogP contribution in [0.3, 0.4) is 0 Å². The molecule has 0 saturated heterocycles. The maximum atomic E-state index is 12.6. The van der Waals surface area contributed by atoms with Gasteiger partial charge in [0.2, 0.25) is 0 Å². The van der Waals surface area contributed by atoms with Crippen LogP contribution in [0.2, 0.25) is 0 Å². The van der Waals surface area contributed by atoms with E-state index in [0.717, 1.165) is 5.56 Å². The summed E-state index contributed by atoms with van der Waals surface area (Å²) in [5.41, 5.74) is 1.43. The van der Waals surface area contributed by atoms with E-state index in [2.05, 4.69) is 0 Å². The Morgan fingerprint density at radius 1 is 1.17 bits per heavy atom. The van der Waals surface area contributed by atoms with Gasteiger partial charge in [-0.1, -0.05) is 6.07 Å². The van der Waals surface area contributed by atoms with Crippen molar-refractivity contribution in [3.63, 3.8) is 0 Å². The van der Waals surface area contributed by atoms with E-state index < -0.39 is 0 Å². The van der Waals surface area contributed by atoms with Crippen molar-refractivity contribution in [3.05, 3.63) is 47.5 Å². The molecule has 120 valence electrons. The Morgan fingerprint density at radius 2 is 2.00 bits per heavy atom. The monoisotopic (exact) mass is 314 g/mol. The summed E-state index contributed by atoms with van der Waals surface area (Å²) < 4.78 is 15.9. The second kappa shape index (κ2) is 6.20. The minimum Gasteiger partial charge on any atom is -0.504 e. The summed E-state index contributed by atoms with van der Waals surface area (Å²) >= 11 is 0. The average Bonchev–Trinajstić information content (AvgIpc) is 2.57. The van der Waals surface area contributed by atoms with Crippen molar-refractivity contribution in [1.82, 2.24) is 0 Å². The lowest BCUT2D eigenvalue weighted by molar-refractivity contribution is 0.0830. The minimum absolute atomic E-state index is 0.0456. The van der Waals surface area contributed by atoms with Crippen molar-refractivity contribution in [3.8, 4) is 23.0 Å². The number of hydrogen-bond acceptors (Lipinski definition) is 5. The molecule has 3 rings (SSSR count).